The Kier molecular flexibility index (Phi) is 5.28. The molecule has 1 N–H and O–H groups in total. The molecular formula is C16H15Cl2IO2. The van der Waals surface area contributed by atoms with Crippen molar-refractivity contribution in [2.24, 2.45) is 0 Å². The topological polar surface area (TPSA) is 29.5 Å². The Balaban J connectivity index is 2.21. The van der Waals surface area contributed by atoms with Crippen molar-refractivity contribution >= 4 is 45.8 Å². The van der Waals surface area contributed by atoms with Crippen LogP contribution >= 0.6 is 45.8 Å². The number of ether oxygens (including phenoxy) is 1. The Morgan fingerprint density at radius 1 is 1.05 bits per heavy atom. The molecule has 2 nitrogen and oxygen atoms in total. The summed E-state index contributed by atoms with van der Waals surface area (Å²) in [5, 5.41) is 9.81. The van der Waals surface area contributed by atoms with E-state index in [4.69, 9.17) is 27.9 Å². The second-order valence-electron chi connectivity index (χ2n) is 5.00. The molecule has 0 unspecified atom stereocenters. The summed E-state index contributed by atoms with van der Waals surface area (Å²) in [5.41, 5.74) is 1.66. The van der Waals surface area contributed by atoms with Gasteiger partial charge in [0.05, 0.1) is 0 Å². The van der Waals surface area contributed by atoms with Crippen molar-refractivity contribution in [2.75, 3.05) is 0 Å². The van der Waals surface area contributed by atoms with E-state index < -0.39 is 2.34 Å². The van der Waals surface area contributed by atoms with Gasteiger partial charge in [-0.05, 0) is 64.4 Å². The van der Waals surface area contributed by atoms with Gasteiger partial charge in [-0.1, -0.05) is 49.2 Å². The standard InChI is InChI=1S/C16H15Cl2IO2/c1-10(2)14-9-13(7-8-15(14)20)21-12-5-3-11(4-6-12)16(17,18)19/h3-10,20H,1-2H3. The molecule has 0 heterocycles. The van der Waals surface area contributed by atoms with Crippen LogP contribution in [-0.4, -0.2) is 5.11 Å². The number of aromatic hydroxyl groups is 1. The minimum absolute atomic E-state index is 0.225. The number of phenolic OH excluding ortho intramolecular Hbond substituents is 1. The lowest BCUT2D eigenvalue weighted by molar-refractivity contribution is 0.454. The number of hydrogen-bond donors (Lipinski definition) is 1. The summed E-state index contributed by atoms with van der Waals surface area (Å²) < 4.78 is 4.85. The summed E-state index contributed by atoms with van der Waals surface area (Å²) in [5.74, 6) is 1.88. The first-order valence-corrected chi connectivity index (χ1v) is 8.29. The summed E-state index contributed by atoms with van der Waals surface area (Å²) in [6, 6.07) is 12.5. The molecule has 0 saturated carbocycles. The predicted octanol–water partition coefficient (Wildman–Crippen LogP) is 6.33. The molecule has 0 radical (unpaired) electrons. The molecule has 0 aliphatic heterocycles. The van der Waals surface area contributed by atoms with Crippen molar-refractivity contribution in [1.29, 1.82) is 0 Å². The smallest absolute Gasteiger partial charge is 0.193 e. The molecule has 2 aromatic rings. The Hall–Kier alpha value is -0.650. The fraction of sp³-hybridized carbons (Fsp3) is 0.250. The van der Waals surface area contributed by atoms with E-state index in [1.165, 1.54) is 0 Å². The molecule has 112 valence electrons. The SMILES string of the molecule is CC(C)c1cc(Oc2ccc(C(Cl)(Cl)I)cc2)ccc1O. The van der Waals surface area contributed by atoms with E-state index in [9.17, 15) is 5.11 Å². The van der Waals surface area contributed by atoms with Crippen LogP contribution in [-0.2, 0) is 2.34 Å². The van der Waals surface area contributed by atoms with E-state index in [2.05, 4.69) is 0 Å². The van der Waals surface area contributed by atoms with Crippen molar-refractivity contribution in [1.82, 2.24) is 0 Å². The highest BCUT2D eigenvalue weighted by Gasteiger charge is 2.21. The number of hydrogen-bond acceptors (Lipinski definition) is 2. The van der Waals surface area contributed by atoms with E-state index in [1.807, 2.05) is 66.8 Å². The quantitative estimate of drug-likeness (QED) is 0.448. The Morgan fingerprint density at radius 2 is 1.62 bits per heavy atom. The Morgan fingerprint density at radius 3 is 2.14 bits per heavy atom. The highest BCUT2D eigenvalue weighted by Crippen LogP contribution is 2.41. The monoisotopic (exact) mass is 436 g/mol. The third-order valence-electron chi connectivity index (χ3n) is 3.04. The van der Waals surface area contributed by atoms with Gasteiger partial charge in [0.2, 0.25) is 0 Å². The number of phenols is 1. The molecule has 0 bridgehead atoms. The van der Waals surface area contributed by atoms with Gasteiger partial charge in [0.1, 0.15) is 17.2 Å². The van der Waals surface area contributed by atoms with Gasteiger partial charge in [-0.2, -0.15) is 0 Å². The Labute approximate surface area is 148 Å². The largest absolute Gasteiger partial charge is 0.508 e. The number of alkyl halides is 3. The van der Waals surface area contributed by atoms with Crippen molar-refractivity contribution in [2.45, 2.75) is 22.1 Å². The lowest BCUT2D eigenvalue weighted by Gasteiger charge is -2.14. The van der Waals surface area contributed by atoms with E-state index in [0.717, 1.165) is 11.1 Å². The second-order valence-corrected chi connectivity index (χ2v) is 9.22. The first-order valence-electron chi connectivity index (χ1n) is 6.45. The van der Waals surface area contributed by atoms with Gasteiger partial charge in [-0.3, -0.25) is 0 Å². The zero-order valence-electron chi connectivity index (χ0n) is 11.6. The normalized spacial score (nSPS) is 11.7. The minimum Gasteiger partial charge on any atom is -0.508 e. The highest BCUT2D eigenvalue weighted by atomic mass is 127. The number of benzene rings is 2. The maximum Gasteiger partial charge on any atom is 0.193 e. The zero-order chi connectivity index (χ0) is 15.6. The molecule has 0 aromatic heterocycles. The average molecular weight is 437 g/mol. The van der Waals surface area contributed by atoms with Gasteiger partial charge in [0.15, 0.2) is 2.34 Å². The molecule has 0 aliphatic rings. The van der Waals surface area contributed by atoms with Gasteiger partial charge in [-0.15, -0.1) is 0 Å². The van der Waals surface area contributed by atoms with Crippen LogP contribution in [0.25, 0.3) is 0 Å². The third-order valence-corrected chi connectivity index (χ3v) is 4.10. The van der Waals surface area contributed by atoms with Gasteiger partial charge in [0, 0.05) is 5.56 Å². The van der Waals surface area contributed by atoms with Crippen molar-refractivity contribution in [3.8, 4) is 17.2 Å². The fourth-order valence-electron chi connectivity index (χ4n) is 1.91. The molecule has 2 rings (SSSR count). The van der Waals surface area contributed by atoms with E-state index in [-0.39, 0.29) is 11.7 Å². The summed E-state index contributed by atoms with van der Waals surface area (Å²) in [6.45, 7) is 4.04. The average Bonchev–Trinajstić information content (AvgIpc) is 2.40. The number of halogens is 3. The number of rotatable bonds is 4. The van der Waals surface area contributed by atoms with Gasteiger partial charge in [0.25, 0.3) is 0 Å². The summed E-state index contributed by atoms with van der Waals surface area (Å²) in [7, 11) is 0. The molecule has 21 heavy (non-hydrogen) atoms. The van der Waals surface area contributed by atoms with Crippen LogP contribution in [0.2, 0.25) is 0 Å². The molecular weight excluding hydrogens is 422 g/mol. The van der Waals surface area contributed by atoms with Gasteiger partial charge >= 0.3 is 0 Å². The van der Waals surface area contributed by atoms with Crippen LogP contribution in [0.1, 0.15) is 30.9 Å². The van der Waals surface area contributed by atoms with Crippen LogP contribution in [0, 0.1) is 0 Å². The molecule has 0 amide bonds. The summed E-state index contributed by atoms with van der Waals surface area (Å²) in [6.07, 6.45) is 0. The molecule has 0 spiro atoms. The van der Waals surface area contributed by atoms with Crippen molar-refractivity contribution in [3.63, 3.8) is 0 Å². The van der Waals surface area contributed by atoms with Crippen LogP contribution in [0.3, 0.4) is 0 Å². The molecule has 5 heteroatoms. The maximum absolute atomic E-state index is 9.81. The second kappa shape index (κ2) is 6.63. The third kappa shape index (κ3) is 4.41. The first-order chi connectivity index (χ1) is 9.77. The van der Waals surface area contributed by atoms with Crippen LogP contribution < -0.4 is 4.74 Å². The summed E-state index contributed by atoms with van der Waals surface area (Å²) >= 11 is 14.0. The molecule has 0 atom stereocenters. The lowest BCUT2D eigenvalue weighted by atomic mass is 10.0. The molecule has 0 fully saturated rings. The zero-order valence-corrected chi connectivity index (χ0v) is 15.3. The van der Waals surface area contributed by atoms with Gasteiger partial charge in [-0.25, -0.2) is 0 Å². The van der Waals surface area contributed by atoms with Crippen molar-refractivity contribution in [3.05, 3.63) is 53.6 Å². The van der Waals surface area contributed by atoms with E-state index in [1.54, 1.807) is 12.1 Å². The molecule has 2 aromatic carbocycles. The highest BCUT2D eigenvalue weighted by molar-refractivity contribution is 14.1. The van der Waals surface area contributed by atoms with Crippen LogP contribution in [0.5, 0.6) is 17.2 Å². The predicted molar refractivity (Wildman–Crippen MR) is 96.1 cm³/mol. The molecule has 0 saturated heterocycles. The Bertz CT molecular complexity index is 619. The van der Waals surface area contributed by atoms with Crippen LogP contribution in [0.15, 0.2) is 42.5 Å². The van der Waals surface area contributed by atoms with Crippen molar-refractivity contribution < 1.29 is 9.84 Å². The maximum atomic E-state index is 9.81. The van der Waals surface area contributed by atoms with E-state index in [0.29, 0.717) is 11.5 Å². The first kappa shape index (κ1) is 16.7. The molecule has 0 aliphatic carbocycles. The van der Waals surface area contributed by atoms with Gasteiger partial charge < -0.3 is 9.84 Å². The van der Waals surface area contributed by atoms with Crippen LogP contribution in [0.4, 0.5) is 0 Å². The summed E-state index contributed by atoms with van der Waals surface area (Å²) in [4.78, 5) is 0. The lowest BCUT2D eigenvalue weighted by Crippen LogP contribution is -1.98. The minimum atomic E-state index is -0.945. The van der Waals surface area contributed by atoms with E-state index >= 15 is 0 Å². The fourth-order valence-corrected chi connectivity index (χ4v) is 2.52.